The minimum Gasteiger partial charge on any atom is -0.207 e. The molecule has 0 saturated carbocycles. The van der Waals surface area contributed by atoms with Gasteiger partial charge >= 0.3 is 0 Å². The van der Waals surface area contributed by atoms with Gasteiger partial charge in [-0.15, -0.1) is 0 Å². The van der Waals surface area contributed by atoms with Gasteiger partial charge in [0.05, 0.1) is 0 Å². The molecule has 0 amide bonds. The number of halogens is 1. The van der Waals surface area contributed by atoms with Crippen molar-refractivity contribution in [2.45, 2.75) is 33.1 Å². The van der Waals surface area contributed by atoms with Crippen LogP contribution in [0.3, 0.4) is 0 Å². The second-order valence-corrected chi connectivity index (χ2v) is 3.33. The van der Waals surface area contributed by atoms with E-state index < -0.39 is 0 Å². The van der Waals surface area contributed by atoms with Crippen LogP contribution in [0, 0.1) is 19.2 Å². The minimum atomic E-state index is -0.0653. The molecule has 13 heavy (non-hydrogen) atoms. The van der Waals surface area contributed by atoms with Crippen molar-refractivity contribution < 1.29 is 4.39 Å². The van der Waals surface area contributed by atoms with Crippen LogP contribution in [0.4, 0.5) is 4.39 Å². The summed E-state index contributed by atoms with van der Waals surface area (Å²) in [6.07, 6.45) is 5.03. The summed E-state index contributed by atoms with van der Waals surface area (Å²) in [5.74, 6) is -0.0653. The van der Waals surface area contributed by atoms with Crippen molar-refractivity contribution >= 4 is 0 Å². The van der Waals surface area contributed by atoms with Gasteiger partial charge < -0.3 is 0 Å². The molecule has 0 fully saturated rings. The Balaban J connectivity index is 2.56. The van der Waals surface area contributed by atoms with Crippen LogP contribution in [0.25, 0.3) is 0 Å². The first-order chi connectivity index (χ1) is 6.24. The molecule has 0 aliphatic carbocycles. The van der Waals surface area contributed by atoms with Crippen LogP contribution in [-0.4, -0.2) is 0 Å². The van der Waals surface area contributed by atoms with E-state index in [0.29, 0.717) is 0 Å². The van der Waals surface area contributed by atoms with Gasteiger partial charge in [0.15, 0.2) is 0 Å². The Morgan fingerprint density at radius 1 is 1.38 bits per heavy atom. The second kappa shape index (κ2) is 5.00. The third-order valence-electron chi connectivity index (χ3n) is 2.12. The lowest BCUT2D eigenvalue weighted by molar-refractivity contribution is 0.606. The maximum atomic E-state index is 13.3. The van der Waals surface area contributed by atoms with Crippen molar-refractivity contribution in [3.8, 4) is 0 Å². The van der Waals surface area contributed by atoms with E-state index in [-0.39, 0.29) is 5.82 Å². The molecule has 0 aliphatic heterocycles. The Labute approximate surface area is 79.8 Å². The Hall–Kier alpha value is -0.850. The third-order valence-corrected chi connectivity index (χ3v) is 2.12. The topological polar surface area (TPSA) is 0 Å². The predicted octanol–water partition coefficient (Wildman–Crippen LogP) is 3.68. The third kappa shape index (κ3) is 3.17. The summed E-state index contributed by atoms with van der Waals surface area (Å²) in [6, 6.07) is 5.44. The molecule has 0 aliphatic rings. The average molecular weight is 179 g/mol. The zero-order chi connectivity index (χ0) is 9.68. The standard InChI is InChI=1S/C12H16F/c1-3-4-5-6-11-8-7-10(2)9-12(11)13/h4,7-9H,3,5-6H2,1-2H3. The summed E-state index contributed by atoms with van der Waals surface area (Å²) in [5, 5.41) is 0. The van der Waals surface area contributed by atoms with Crippen molar-refractivity contribution in [3.63, 3.8) is 0 Å². The van der Waals surface area contributed by atoms with Crippen LogP contribution < -0.4 is 0 Å². The maximum absolute atomic E-state index is 13.3. The van der Waals surface area contributed by atoms with Crippen molar-refractivity contribution in [1.82, 2.24) is 0 Å². The first kappa shape index (κ1) is 10.2. The number of hydrogen-bond acceptors (Lipinski definition) is 0. The summed E-state index contributed by atoms with van der Waals surface area (Å²) in [4.78, 5) is 0. The minimum absolute atomic E-state index is 0.0653. The molecule has 0 nitrogen and oxygen atoms in total. The largest absolute Gasteiger partial charge is 0.207 e. The number of aryl methyl sites for hydroxylation is 2. The van der Waals surface area contributed by atoms with E-state index >= 15 is 0 Å². The van der Waals surface area contributed by atoms with Gasteiger partial charge in [-0.05, 0) is 43.4 Å². The van der Waals surface area contributed by atoms with Gasteiger partial charge in [0.25, 0.3) is 0 Å². The zero-order valence-corrected chi connectivity index (χ0v) is 8.31. The van der Waals surface area contributed by atoms with Crippen LogP contribution in [0.5, 0.6) is 0 Å². The van der Waals surface area contributed by atoms with Gasteiger partial charge in [0, 0.05) is 0 Å². The van der Waals surface area contributed by atoms with E-state index in [1.54, 1.807) is 6.07 Å². The van der Waals surface area contributed by atoms with Gasteiger partial charge in [-0.3, -0.25) is 0 Å². The molecule has 0 saturated heterocycles. The van der Waals surface area contributed by atoms with E-state index in [4.69, 9.17) is 0 Å². The second-order valence-electron chi connectivity index (χ2n) is 3.33. The SMILES string of the molecule is CC[CH]CCc1ccc(C)cc1F. The molecular weight excluding hydrogens is 163 g/mol. The Morgan fingerprint density at radius 3 is 2.77 bits per heavy atom. The molecule has 1 aromatic rings. The fourth-order valence-corrected chi connectivity index (χ4v) is 1.32. The van der Waals surface area contributed by atoms with E-state index in [0.717, 1.165) is 30.4 Å². The maximum Gasteiger partial charge on any atom is 0.126 e. The smallest absolute Gasteiger partial charge is 0.126 e. The summed E-state index contributed by atoms with van der Waals surface area (Å²) < 4.78 is 13.3. The summed E-state index contributed by atoms with van der Waals surface area (Å²) >= 11 is 0. The summed E-state index contributed by atoms with van der Waals surface area (Å²) in [7, 11) is 0. The molecule has 71 valence electrons. The lowest BCUT2D eigenvalue weighted by Crippen LogP contribution is -1.91. The highest BCUT2D eigenvalue weighted by Crippen LogP contribution is 2.12. The molecule has 0 heterocycles. The molecule has 0 spiro atoms. The average Bonchev–Trinajstić information content (AvgIpc) is 2.09. The highest BCUT2D eigenvalue weighted by molar-refractivity contribution is 5.23. The molecule has 1 heteroatoms. The van der Waals surface area contributed by atoms with Crippen molar-refractivity contribution in [1.29, 1.82) is 0 Å². The van der Waals surface area contributed by atoms with Crippen LogP contribution >= 0.6 is 0 Å². The molecule has 0 bridgehead atoms. The highest BCUT2D eigenvalue weighted by Gasteiger charge is 2.00. The van der Waals surface area contributed by atoms with Crippen molar-refractivity contribution in [3.05, 3.63) is 41.6 Å². The quantitative estimate of drug-likeness (QED) is 0.618. The van der Waals surface area contributed by atoms with Gasteiger partial charge in [-0.25, -0.2) is 4.39 Å². The highest BCUT2D eigenvalue weighted by atomic mass is 19.1. The Morgan fingerprint density at radius 2 is 2.15 bits per heavy atom. The van der Waals surface area contributed by atoms with E-state index in [9.17, 15) is 4.39 Å². The summed E-state index contributed by atoms with van der Waals surface area (Å²) in [6.45, 7) is 4.01. The predicted molar refractivity (Wildman–Crippen MR) is 54.0 cm³/mol. The van der Waals surface area contributed by atoms with Crippen LogP contribution in [-0.2, 0) is 6.42 Å². The first-order valence-electron chi connectivity index (χ1n) is 4.80. The molecule has 1 radical (unpaired) electrons. The Bertz CT molecular complexity index is 266. The van der Waals surface area contributed by atoms with Gasteiger partial charge in [0.1, 0.15) is 5.82 Å². The Kier molecular flexibility index (Phi) is 3.94. The fourth-order valence-electron chi connectivity index (χ4n) is 1.32. The molecule has 0 atom stereocenters. The van der Waals surface area contributed by atoms with Crippen molar-refractivity contribution in [2.75, 3.05) is 0 Å². The summed E-state index contributed by atoms with van der Waals surface area (Å²) in [5.41, 5.74) is 1.82. The number of unbranched alkanes of at least 4 members (excludes halogenated alkanes) is 2. The number of rotatable bonds is 4. The molecular formula is C12H16F. The van der Waals surface area contributed by atoms with Gasteiger partial charge in [-0.1, -0.05) is 25.5 Å². The van der Waals surface area contributed by atoms with Crippen LogP contribution in [0.1, 0.15) is 30.9 Å². The van der Waals surface area contributed by atoms with Gasteiger partial charge in [-0.2, -0.15) is 0 Å². The van der Waals surface area contributed by atoms with Crippen LogP contribution in [0.15, 0.2) is 18.2 Å². The van der Waals surface area contributed by atoms with E-state index in [1.807, 2.05) is 19.1 Å². The molecule has 0 unspecified atom stereocenters. The van der Waals surface area contributed by atoms with Gasteiger partial charge in [0.2, 0.25) is 0 Å². The number of hydrogen-bond donors (Lipinski definition) is 0. The lowest BCUT2D eigenvalue weighted by atomic mass is 10.1. The van der Waals surface area contributed by atoms with Crippen LogP contribution in [0.2, 0.25) is 0 Å². The fraction of sp³-hybridized carbons (Fsp3) is 0.417. The first-order valence-corrected chi connectivity index (χ1v) is 4.80. The number of benzene rings is 1. The molecule has 1 rings (SSSR count). The van der Waals surface area contributed by atoms with Crippen molar-refractivity contribution in [2.24, 2.45) is 0 Å². The molecule has 0 aromatic heterocycles. The van der Waals surface area contributed by atoms with E-state index in [2.05, 4.69) is 13.3 Å². The normalized spacial score (nSPS) is 10.4. The monoisotopic (exact) mass is 179 g/mol. The lowest BCUT2D eigenvalue weighted by Gasteiger charge is -2.02. The molecule has 1 aromatic carbocycles. The van der Waals surface area contributed by atoms with E-state index in [1.165, 1.54) is 0 Å². The zero-order valence-electron chi connectivity index (χ0n) is 8.31. The molecule has 0 N–H and O–H groups in total.